The molecule has 0 aliphatic carbocycles. The molecule has 2 aromatic carbocycles. The first-order valence-electron chi connectivity index (χ1n) is 5.85. The monoisotopic (exact) mass is 307 g/mol. The van der Waals surface area contributed by atoms with E-state index in [4.69, 9.17) is 21.4 Å². The summed E-state index contributed by atoms with van der Waals surface area (Å²) in [5.74, 6) is -0.903. The number of para-hydroxylation sites is 1. The molecule has 1 N–H and O–H groups in total. The van der Waals surface area contributed by atoms with Gasteiger partial charge in [-0.05, 0) is 31.2 Å². The first-order valence-corrected chi connectivity index (χ1v) is 6.22. The molecule has 0 fully saturated rings. The van der Waals surface area contributed by atoms with Crippen molar-refractivity contribution in [2.24, 2.45) is 0 Å². The highest BCUT2D eigenvalue weighted by atomic mass is 35.5. The highest BCUT2D eigenvalue weighted by Gasteiger charge is 2.17. The molecule has 6 nitrogen and oxygen atoms in total. The minimum Gasteiger partial charge on any atom is -0.478 e. The second kappa shape index (κ2) is 5.80. The van der Waals surface area contributed by atoms with E-state index in [9.17, 15) is 14.9 Å². The van der Waals surface area contributed by atoms with Crippen LogP contribution >= 0.6 is 11.6 Å². The van der Waals surface area contributed by atoms with Gasteiger partial charge in [-0.1, -0.05) is 17.7 Å². The van der Waals surface area contributed by atoms with Crippen LogP contribution in [0.2, 0.25) is 5.02 Å². The van der Waals surface area contributed by atoms with Crippen LogP contribution in [-0.2, 0) is 0 Å². The van der Waals surface area contributed by atoms with Gasteiger partial charge in [-0.3, -0.25) is 10.1 Å². The van der Waals surface area contributed by atoms with E-state index in [-0.39, 0.29) is 27.8 Å². The highest BCUT2D eigenvalue weighted by molar-refractivity contribution is 6.32. The van der Waals surface area contributed by atoms with Crippen molar-refractivity contribution in [2.75, 3.05) is 0 Å². The Hall–Kier alpha value is -2.60. The van der Waals surface area contributed by atoms with E-state index in [1.54, 1.807) is 6.92 Å². The van der Waals surface area contributed by atoms with E-state index in [0.29, 0.717) is 5.56 Å². The quantitative estimate of drug-likeness (QED) is 0.680. The zero-order valence-electron chi connectivity index (χ0n) is 10.9. The zero-order valence-corrected chi connectivity index (χ0v) is 11.6. The molecule has 21 heavy (non-hydrogen) atoms. The summed E-state index contributed by atoms with van der Waals surface area (Å²) in [6, 6.07) is 8.50. The standard InChI is InChI=1S/C14H10ClNO5/c1-8-7-9(5-6-12(8)16(19)20)21-13-10(14(17)18)3-2-4-11(13)15/h2-7H,1H3,(H,17,18). The molecule has 2 aromatic rings. The fourth-order valence-electron chi connectivity index (χ4n) is 1.80. The maximum absolute atomic E-state index is 11.1. The number of rotatable bonds is 4. The molecule has 0 saturated carbocycles. The van der Waals surface area contributed by atoms with Crippen LogP contribution in [0.1, 0.15) is 15.9 Å². The lowest BCUT2D eigenvalue weighted by Gasteiger charge is -2.11. The average Bonchev–Trinajstić information content (AvgIpc) is 2.40. The SMILES string of the molecule is Cc1cc(Oc2c(Cl)cccc2C(=O)O)ccc1[N+](=O)[O-]. The fourth-order valence-corrected chi connectivity index (χ4v) is 2.01. The van der Waals surface area contributed by atoms with Crippen LogP contribution in [-0.4, -0.2) is 16.0 Å². The van der Waals surface area contributed by atoms with Crippen LogP contribution in [0.5, 0.6) is 11.5 Å². The molecule has 0 amide bonds. The van der Waals surface area contributed by atoms with Gasteiger partial charge in [0.2, 0.25) is 0 Å². The van der Waals surface area contributed by atoms with Crippen LogP contribution in [0.4, 0.5) is 5.69 Å². The average molecular weight is 308 g/mol. The smallest absolute Gasteiger partial charge is 0.339 e. The third-order valence-electron chi connectivity index (χ3n) is 2.78. The second-order valence-corrected chi connectivity index (χ2v) is 4.64. The maximum atomic E-state index is 11.1. The van der Waals surface area contributed by atoms with Crippen LogP contribution < -0.4 is 4.74 Å². The topological polar surface area (TPSA) is 89.7 Å². The number of carboxylic acids is 1. The Balaban J connectivity index is 2.41. The minimum absolute atomic E-state index is 0.0000743. The van der Waals surface area contributed by atoms with E-state index in [1.807, 2.05) is 0 Å². The molecule has 0 spiro atoms. The molecule has 7 heteroatoms. The normalized spacial score (nSPS) is 10.2. The highest BCUT2D eigenvalue weighted by Crippen LogP contribution is 2.34. The Labute approximate surface area is 124 Å². The summed E-state index contributed by atoms with van der Waals surface area (Å²) in [4.78, 5) is 21.4. The van der Waals surface area contributed by atoms with Gasteiger partial charge in [0.1, 0.15) is 11.3 Å². The Morgan fingerprint density at radius 1 is 1.33 bits per heavy atom. The molecular formula is C14H10ClNO5. The van der Waals surface area contributed by atoms with Gasteiger partial charge >= 0.3 is 5.97 Å². The van der Waals surface area contributed by atoms with Crippen molar-refractivity contribution in [1.82, 2.24) is 0 Å². The lowest BCUT2D eigenvalue weighted by Crippen LogP contribution is -2.00. The van der Waals surface area contributed by atoms with E-state index in [0.717, 1.165) is 0 Å². The van der Waals surface area contributed by atoms with Crippen molar-refractivity contribution in [3.63, 3.8) is 0 Å². The van der Waals surface area contributed by atoms with Gasteiger partial charge in [0.15, 0.2) is 5.75 Å². The summed E-state index contributed by atoms with van der Waals surface area (Å²) < 4.78 is 5.48. The van der Waals surface area contributed by atoms with Crippen molar-refractivity contribution < 1.29 is 19.6 Å². The van der Waals surface area contributed by atoms with Crippen LogP contribution in [0.15, 0.2) is 36.4 Å². The Bertz CT molecular complexity index is 729. The molecule has 0 aromatic heterocycles. The number of hydrogen-bond donors (Lipinski definition) is 1. The summed E-state index contributed by atoms with van der Waals surface area (Å²) in [5.41, 5.74) is 0.278. The minimum atomic E-state index is -1.17. The first kappa shape index (κ1) is 14.8. The van der Waals surface area contributed by atoms with Crippen LogP contribution in [0.3, 0.4) is 0 Å². The summed E-state index contributed by atoms with van der Waals surface area (Å²) in [6.07, 6.45) is 0. The number of aryl methyl sites for hydroxylation is 1. The molecule has 0 radical (unpaired) electrons. The van der Waals surface area contributed by atoms with Gasteiger partial charge in [0.25, 0.3) is 5.69 Å². The Morgan fingerprint density at radius 2 is 2.05 bits per heavy atom. The van der Waals surface area contributed by atoms with Crippen molar-refractivity contribution in [3.8, 4) is 11.5 Å². The predicted octanol–water partition coefficient (Wildman–Crippen LogP) is 4.05. The van der Waals surface area contributed by atoms with Crippen molar-refractivity contribution in [1.29, 1.82) is 0 Å². The third-order valence-corrected chi connectivity index (χ3v) is 3.08. The Morgan fingerprint density at radius 3 is 2.62 bits per heavy atom. The number of ether oxygens (including phenoxy) is 1. The lowest BCUT2D eigenvalue weighted by molar-refractivity contribution is -0.385. The number of nitro groups is 1. The Kier molecular flexibility index (Phi) is 4.09. The second-order valence-electron chi connectivity index (χ2n) is 4.23. The predicted molar refractivity (Wildman–Crippen MR) is 76.3 cm³/mol. The zero-order chi connectivity index (χ0) is 15.6. The van der Waals surface area contributed by atoms with E-state index < -0.39 is 10.9 Å². The number of benzene rings is 2. The molecule has 0 bridgehead atoms. The van der Waals surface area contributed by atoms with Crippen molar-refractivity contribution >= 4 is 23.3 Å². The van der Waals surface area contributed by atoms with Crippen LogP contribution in [0.25, 0.3) is 0 Å². The number of hydrogen-bond acceptors (Lipinski definition) is 4. The number of aromatic carboxylic acids is 1. The van der Waals surface area contributed by atoms with Crippen molar-refractivity contribution in [3.05, 3.63) is 62.7 Å². The number of halogens is 1. The largest absolute Gasteiger partial charge is 0.478 e. The fraction of sp³-hybridized carbons (Fsp3) is 0.0714. The van der Waals surface area contributed by atoms with Crippen molar-refractivity contribution in [2.45, 2.75) is 6.92 Å². The molecule has 0 aliphatic heterocycles. The molecule has 0 saturated heterocycles. The van der Waals surface area contributed by atoms with E-state index >= 15 is 0 Å². The van der Waals surface area contributed by atoms with Gasteiger partial charge in [-0.15, -0.1) is 0 Å². The van der Waals surface area contributed by atoms with Gasteiger partial charge < -0.3 is 9.84 Å². The number of carbonyl (C=O) groups is 1. The molecule has 0 aliphatic rings. The van der Waals surface area contributed by atoms with Gasteiger partial charge in [-0.25, -0.2) is 4.79 Å². The third kappa shape index (κ3) is 3.11. The molecule has 0 unspecified atom stereocenters. The maximum Gasteiger partial charge on any atom is 0.339 e. The molecule has 0 atom stereocenters. The summed E-state index contributed by atoms with van der Waals surface area (Å²) >= 11 is 5.95. The summed E-state index contributed by atoms with van der Waals surface area (Å²) in [6.45, 7) is 1.57. The number of nitro benzene ring substituents is 1. The summed E-state index contributed by atoms with van der Waals surface area (Å²) in [7, 11) is 0. The first-order chi connectivity index (χ1) is 9.90. The van der Waals surface area contributed by atoms with E-state index in [2.05, 4.69) is 0 Å². The lowest BCUT2D eigenvalue weighted by atomic mass is 10.2. The van der Waals surface area contributed by atoms with Gasteiger partial charge in [0.05, 0.1) is 9.95 Å². The number of carboxylic acid groups (broad SMARTS) is 1. The van der Waals surface area contributed by atoms with E-state index in [1.165, 1.54) is 36.4 Å². The molecular weight excluding hydrogens is 298 g/mol. The van der Waals surface area contributed by atoms with Gasteiger partial charge in [0, 0.05) is 11.6 Å². The molecule has 2 rings (SSSR count). The number of nitrogens with zero attached hydrogens (tertiary/aromatic N) is 1. The van der Waals surface area contributed by atoms with Crippen LogP contribution in [0, 0.1) is 17.0 Å². The summed E-state index contributed by atoms with van der Waals surface area (Å²) in [5, 5.41) is 20.0. The molecule has 0 heterocycles. The molecule has 108 valence electrons. The van der Waals surface area contributed by atoms with Gasteiger partial charge in [-0.2, -0.15) is 0 Å².